The van der Waals surface area contributed by atoms with Crippen molar-refractivity contribution < 1.29 is 9.18 Å². The van der Waals surface area contributed by atoms with Gasteiger partial charge in [0.25, 0.3) is 5.91 Å². The van der Waals surface area contributed by atoms with Crippen molar-refractivity contribution in [1.82, 2.24) is 0 Å². The van der Waals surface area contributed by atoms with Crippen molar-refractivity contribution in [2.75, 3.05) is 24.2 Å². The number of nitrogens with two attached hydrogens (primary N) is 2. The Kier molecular flexibility index (Phi) is 4.53. The van der Waals surface area contributed by atoms with Crippen LogP contribution in [0.4, 0.5) is 15.8 Å². The second kappa shape index (κ2) is 5.71. The molecule has 100 valence electrons. The highest BCUT2D eigenvalue weighted by Crippen LogP contribution is 2.25. The SMILES string of the molecule is CCC(C)CN(C)c1cc(C(N)=O)c(N)cc1F. The molecule has 0 aliphatic heterocycles. The highest BCUT2D eigenvalue weighted by molar-refractivity contribution is 5.99. The first-order chi connectivity index (χ1) is 8.36. The quantitative estimate of drug-likeness (QED) is 0.788. The van der Waals surface area contributed by atoms with Gasteiger partial charge in [0.2, 0.25) is 0 Å². The molecule has 4 N–H and O–H groups in total. The summed E-state index contributed by atoms with van der Waals surface area (Å²) in [6, 6.07) is 2.55. The minimum absolute atomic E-state index is 0.0701. The summed E-state index contributed by atoms with van der Waals surface area (Å²) < 4.78 is 13.8. The first-order valence-corrected chi connectivity index (χ1v) is 5.96. The van der Waals surface area contributed by atoms with Gasteiger partial charge < -0.3 is 16.4 Å². The van der Waals surface area contributed by atoms with E-state index in [1.807, 2.05) is 0 Å². The zero-order valence-corrected chi connectivity index (χ0v) is 11.0. The van der Waals surface area contributed by atoms with Gasteiger partial charge in [-0.1, -0.05) is 20.3 Å². The predicted octanol–water partition coefficient (Wildman–Crippen LogP) is 1.99. The van der Waals surface area contributed by atoms with E-state index in [-0.39, 0.29) is 11.3 Å². The van der Waals surface area contributed by atoms with Crippen molar-refractivity contribution in [2.24, 2.45) is 11.7 Å². The fourth-order valence-electron chi connectivity index (χ4n) is 1.78. The van der Waals surface area contributed by atoms with E-state index < -0.39 is 11.7 Å². The van der Waals surface area contributed by atoms with Crippen LogP contribution in [0.25, 0.3) is 0 Å². The Hall–Kier alpha value is -1.78. The first-order valence-electron chi connectivity index (χ1n) is 5.96. The van der Waals surface area contributed by atoms with Gasteiger partial charge in [0.1, 0.15) is 5.82 Å². The molecule has 0 fully saturated rings. The van der Waals surface area contributed by atoms with Gasteiger partial charge in [-0.05, 0) is 18.1 Å². The van der Waals surface area contributed by atoms with E-state index >= 15 is 0 Å². The van der Waals surface area contributed by atoms with Crippen molar-refractivity contribution >= 4 is 17.3 Å². The average molecular weight is 253 g/mol. The summed E-state index contributed by atoms with van der Waals surface area (Å²) in [6.07, 6.45) is 1.00. The molecule has 0 saturated heterocycles. The number of halogens is 1. The second-order valence-electron chi connectivity index (χ2n) is 4.65. The molecule has 0 radical (unpaired) electrons. The molecular weight excluding hydrogens is 233 g/mol. The van der Waals surface area contributed by atoms with Gasteiger partial charge in [0.15, 0.2) is 0 Å². The Morgan fingerprint density at radius 1 is 1.50 bits per heavy atom. The van der Waals surface area contributed by atoms with Crippen LogP contribution in [0, 0.1) is 11.7 Å². The van der Waals surface area contributed by atoms with Gasteiger partial charge in [0.05, 0.1) is 11.3 Å². The van der Waals surface area contributed by atoms with E-state index in [1.165, 1.54) is 6.07 Å². The van der Waals surface area contributed by atoms with E-state index in [0.29, 0.717) is 18.2 Å². The normalized spacial score (nSPS) is 12.2. The van der Waals surface area contributed by atoms with Crippen molar-refractivity contribution in [2.45, 2.75) is 20.3 Å². The maximum atomic E-state index is 13.8. The van der Waals surface area contributed by atoms with Gasteiger partial charge in [-0.2, -0.15) is 0 Å². The summed E-state index contributed by atoms with van der Waals surface area (Å²) in [4.78, 5) is 13.0. The Morgan fingerprint density at radius 2 is 2.11 bits per heavy atom. The zero-order chi connectivity index (χ0) is 13.9. The number of rotatable bonds is 5. The van der Waals surface area contributed by atoms with Gasteiger partial charge in [-0.25, -0.2) is 4.39 Å². The molecule has 1 amide bonds. The second-order valence-corrected chi connectivity index (χ2v) is 4.65. The summed E-state index contributed by atoms with van der Waals surface area (Å²) in [5, 5.41) is 0. The summed E-state index contributed by atoms with van der Waals surface area (Å²) in [6.45, 7) is 4.86. The highest BCUT2D eigenvalue weighted by atomic mass is 19.1. The molecule has 0 aliphatic rings. The van der Waals surface area contributed by atoms with E-state index in [9.17, 15) is 9.18 Å². The van der Waals surface area contributed by atoms with Crippen LogP contribution in [0.1, 0.15) is 30.6 Å². The number of carbonyl (C=O) groups is 1. The molecule has 0 spiro atoms. The zero-order valence-electron chi connectivity index (χ0n) is 11.0. The van der Waals surface area contributed by atoms with Crippen LogP contribution in [0.5, 0.6) is 0 Å². The first kappa shape index (κ1) is 14.3. The number of hydrogen-bond acceptors (Lipinski definition) is 3. The Morgan fingerprint density at radius 3 is 2.61 bits per heavy atom. The van der Waals surface area contributed by atoms with Crippen molar-refractivity contribution in [3.05, 3.63) is 23.5 Å². The average Bonchev–Trinajstić information content (AvgIpc) is 2.27. The van der Waals surface area contributed by atoms with E-state index in [0.717, 1.165) is 12.5 Å². The van der Waals surface area contributed by atoms with Crippen LogP contribution in [-0.4, -0.2) is 19.5 Å². The predicted molar refractivity (Wildman–Crippen MR) is 72.1 cm³/mol. The number of primary amides is 1. The van der Waals surface area contributed by atoms with Crippen LogP contribution in [0.2, 0.25) is 0 Å². The fourth-order valence-corrected chi connectivity index (χ4v) is 1.78. The third-order valence-electron chi connectivity index (χ3n) is 3.08. The number of benzene rings is 1. The lowest BCUT2D eigenvalue weighted by atomic mass is 10.1. The minimum atomic E-state index is -0.648. The topological polar surface area (TPSA) is 72.3 Å². The molecule has 0 heterocycles. The molecule has 0 saturated carbocycles. The Bertz CT molecular complexity index is 448. The molecule has 18 heavy (non-hydrogen) atoms. The number of amides is 1. The molecule has 1 aromatic carbocycles. The number of anilines is 2. The molecule has 0 aromatic heterocycles. The third kappa shape index (κ3) is 3.12. The molecule has 1 aromatic rings. The fraction of sp³-hybridized carbons (Fsp3) is 0.462. The van der Waals surface area contributed by atoms with Crippen molar-refractivity contribution in [3.8, 4) is 0 Å². The molecular formula is C13H20FN3O. The van der Waals surface area contributed by atoms with Crippen molar-refractivity contribution in [1.29, 1.82) is 0 Å². The Labute approximate surface area is 107 Å². The van der Waals surface area contributed by atoms with Gasteiger partial charge >= 0.3 is 0 Å². The number of nitrogen functional groups attached to an aromatic ring is 1. The lowest BCUT2D eigenvalue weighted by molar-refractivity contribution is 0.100. The monoisotopic (exact) mass is 253 g/mol. The maximum absolute atomic E-state index is 13.8. The smallest absolute Gasteiger partial charge is 0.250 e. The van der Waals surface area contributed by atoms with Crippen LogP contribution < -0.4 is 16.4 Å². The molecule has 0 aliphatic carbocycles. The summed E-state index contributed by atoms with van der Waals surface area (Å²) in [5.41, 5.74) is 11.3. The van der Waals surface area contributed by atoms with E-state index in [4.69, 9.17) is 11.5 Å². The summed E-state index contributed by atoms with van der Waals surface area (Å²) >= 11 is 0. The van der Waals surface area contributed by atoms with E-state index in [1.54, 1.807) is 11.9 Å². The minimum Gasteiger partial charge on any atom is -0.398 e. The van der Waals surface area contributed by atoms with Crippen LogP contribution >= 0.6 is 0 Å². The van der Waals surface area contributed by atoms with Crippen molar-refractivity contribution in [3.63, 3.8) is 0 Å². The number of nitrogens with zero attached hydrogens (tertiary/aromatic N) is 1. The summed E-state index contributed by atoms with van der Waals surface area (Å²) in [7, 11) is 1.78. The Balaban J connectivity index is 3.08. The van der Waals surface area contributed by atoms with Crippen LogP contribution in [0.15, 0.2) is 12.1 Å². The van der Waals surface area contributed by atoms with Gasteiger partial charge in [-0.15, -0.1) is 0 Å². The largest absolute Gasteiger partial charge is 0.398 e. The highest BCUT2D eigenvalue weighted by Gasteiger charge is 2.15. The van der Waals surface area contributed by atoms with Gasteiger partial charge in [-0.3, -0.25) is 4.79 Å². The third-order valence-corrected chi connectivity index (χ3v) is 3.08. The van der Waals surface area contributed by atoms with Crippen LogP contribution in [-0.2, 0) is 0 Å². The molecule has 1 unspecified atom stereocenters. The lowest BCUT2D eigenvalue weighted by Gasteiger charge is -2.24. The van der Waals surface area contributed by atoms with Gasteiger partial charge in [0, 0.05) is 19.3 Å². The number of carbonyl (C=O) groups excluding carboxylic acids is 1. The molecule has 5 heteroatoms. The standard InChI is InChI=1S/C13H20FN3O/c1-4-8(2)7-17(3)12-5-9(13(16)18)11(15)6-10(12)14/h5-6,8H,4,7,15H2,1-3H3,(H2,16,18). The number of hydrogen-bond donors (Lipinski definition) is 2. The lowest BCUT2D eigenvalue weighted by Crippen LogP contribution is -2.25. The maximum Gasteiger partial charge on any atom is 0.250 e. The molecule has 4 nitrogen and oxygen atoms in total. The molecule has 0 bridgehead atoms. The molecule has 1 atom stereocenters. The van der Waals surface area contributed by atoms with Crippen LogP contribution in [0.3, 0.4) is 0 Å². The summed E-state index contributed by atoms with van der Waals surface area (Å²) in [5.74, 6) is -0.655. The van der Waals surface area contributed by atoms with E-state index in [2.05, 4.69) is 13.8 Å². The molecule has 1 rings (SSSR count).